The number of hydrogen-bond acceptors (Lipinski definition) is 2. The van der Waals surface area contributed by atoms with Crippen molar-refractivity contribution < 1.29 is 0 Å². The molecule has 1 heterocycles. The van der Waals surface area contributed by atoms with E-state index >= 15 is 0 Å². The zero-order chi connectivity index (χ0) is 14.8. The Bertz CT molecular complexity index is 739. The van der Waals surface area contributed by atoms with Gasteiger partial charge in [-0.3, -0.25) is 0 Å². The third-order valence-electron chi connectivity index (χ3n) is 3.33. The molecular formula is C18H16BrNS. The van der Waals surface area contributed by atoms with E-state index in [0.717, 1.165) is 21.6 Å². The number of aryl methyl sites for hydroxylation is 2. The van der Waals surface area contributed by atoms with Crippen molar-refractivity contribution in [3.8, 4) is 11.3 Å². The van der Waals surface area contributed by atoms with E-state index in [9.17, 15) is 0 Å². The summed E-state index contributed by atoms with van der Waals surface area (Å²) in [6, 6.07) is 15.0. The lowest BCUT2D eigenvalue weighted by Gasteiger charge is -2.03. The molecule has 0 unspecified atom stereocenters. The van der Waals surface area contributed by atoms with Crippen molar-refractivity contribution in [3.05, 3.63) is 74.0 Å². The van der Waals surface area contributed by atoms with Gasteiger partial charge >= 0.3 is 0 Å². The van der Waals surface area contributed by atoms with E-state index < -0.39 is 0 Å². The van der Waals surface area contributed by atoms with Crippen LogP contribution in [0.4, 0.5) is 0 Å². The average Bonchev–Trinajstić information content (AvgIpc) is 2.87. The molecule has 0 aliphatic heterocycles. The Morgan fingerprint density at radius 3 is 2.33 bits per heavy atom. The maximum atomic E-state index is 4.77. The van der Waals surface area contributed by atoms with Crippen LogP contribution in [0.5, 0.6) is 0 Å². The number of rotatable bonds is 3. The Balaban J connectivity index is 1.83. The molecule has 0 saturated heterocycles. The molecule has 0 spiro atoms. The molecule has 3 rings (SSSR count). The first kappa shape index (κ1) is 14.5. The molecule has 0 saturated carbocycles. The highest BCUT2D eigenvalue weighted by atomic mass is 79.9. The van der Waals surface area contributed by atoms with Crippen LogP contribution < -0.4 is 0 Å². The lowest BCUT2D eigenvalue weighted by molar-refractivity contribution is 1.13. The maximum absolute atomic E-state index is 4.77. The normalized spacial score (nSPS) is 10.8. The first-order valence-corrected chi connectivity index (χ1v) is 8.55. The van der Waals surface area contributed by atoms with Crippen molar-refractivity contribution >= 4 is 27.3 Å². The predicted molar refractivity (Wildman–Crippen MR) is 94.0 cm³/mol. The van der Waals surface area contributed by atoms with Crippen LogP contribution in [-0.4, -0.2) is 4.98 Å². The van der Waals surface area contributed by atoms with Crippen LogP contribution >= 0.6 is 27.3 Å². The summed E-state index contributed by atoms with van der Waals surface area (Å²) in [6.45, 7) is 4.29. The number of thiazole rings is 1. The number of benzene rings is 2. The number of aromatic nitrogens is 1. The second-order valence-electron chi connectivity index (χ2n) is 5.31. The largest absolute Gasteiger partial charge is 0.241 e. The molecule has 3 heteroatoms. The highest BCUT2D eigenvalue weighted by Crippen LogP contribution is 2.25. The van der Waals surface area contributed by atoms with Crippen molar-refractivity contribution in [1.29, 1.82) is 0 Å². The molecule has 0 N–H and O–H groups in total. The first-order valence-electron chi connectivity index (χ1n) is 6.88. The zero-order valence-corrected chi connectivity index (χ0v) is 14.5. The fourth-order valence-corrected chi connectivity index (χ4v) is 3.59. The van der Waals surface area contributed by atoms with Gasteiger partial charge in [0, 0.05) is 21.8 Å². The summed E-state index contributed by atoms with van der Waals surface area (Å²) in [5.74, 6) is 0. The Labute approximate surface area is 137 Å². The fraction of sp³-hybridized carbons (Fsp3) is 0.167. The molecule has 0 fully saturated rings. The van der Waals surface area contributed by atoms with Crippen LogP contribution in [0.1, 0.15) is 21.7 Å². The van der Waals surface area contributed by atoms with E-state index in [2.05, 4.69) is 77.6 Å². The van der Waals surface area contributed by atoms with Crippen molar-refractivity contribution in [2.45, 2.75) is 20.3 Å². The summed E-state index contributed by atoms with van der Waals surface area (Å²) in [5, 5.41) is 3.30. The van der Waals surface area contributed by atoms with E-state index in [1.807, 2.05) is 0 Å². The third kappa shape index (κ3) is 3.60. The summed E-state index contributed by atoms with van der Waals surface area (Å²) in [5.41, 5.74) is 6.20. The molecule has 106 valence electrons. The lowest BCUT2D eigenvalue weighted by atomic mass is 10.1. The topological polar surface area (TPSA) is 12.9 Å². The quantitative estimate of drug-likeness (QED) is 0.578. The Hall–Kier alpha value is -1.45. The van der Waals surface area contributed by atoms with Gasteiger partial charge in [-0.05, 0) is 31.5 Å². The minimum absolute atomic E-state index is 0.906. The van der Waals surface area contributed by atoms with E-state index in [-0.39, 0.29) is 0 Å². The number of hydrogen-bond donors (Lipinski definition) is 0. The Morgan fingerprint density at radius 1 is 1.00 bits per heavy atom. The molecule has 0 atom stereocenters. The van der Waals surface area contributed by atoms with Gasteiger partial charge < -0.3 is 0 Å². The highest BCUT2D eigenvalue weighted by Gasteiger charge is 2.06. The van der Waals surface area contributed by atoms with Gasteiger partial charge in [-0.25, -0.2) is 4.98 Å². The predicted octanol–water partition coefficient (Wildman–Crippen LogP) is 5.78. The SMILES string of the molecule is Cc1cc(C)cc(Cc2nc(-c3ccc(Br)cc3)cs2)c1. The van der Waals surface area contributed by atoms with Gasteiger partial charge in [0.2, 0.25) is 0 Å². The maximum Gasteiger partial charge on any atom is 0.0976 e. The third-order valence-corrected chi connectivity index (χ3v) is 4.71. The van der Waals surface area contributed by atoms with Crippen LogP contribution in [-0.2, 0) is 6.42 Å². The molecular weight excluding hydrogens is 342 g/mol. The summed E-state index contributed by atoms with van der Waals surface area (Å²) in [4.78, 5) is 4.77. The van der Waals surface area contributed by atoms with E-state index in [1.54, 1.807) is 11.3 Å². The molecule has 21 heavy (non-hydrogen) atoms. The van der Waals surface area contributed by atoms with Gasteiger partial charge in [-0.15, -0.1) is 11.3 Å². The summed E-state index contributed by atoms with van der Waals surface area (Å²) < 4.78 is 1.09. The molecule has 0 aliphatic carbocycles. The van der Waals surface area contributed by atoms with Crippen molar-refractivity contribution in [2.24, 2.45) is 0 Å². The van der Waals surface area contributed by atoms with Gasteiger partial charge in [0.05, 0.1) is 10.7 Å². The zero-order valence-electron chi connectivity index (χ0n) is 12.1. The molecule has 0 bridgehead atoms. The summed E-state index contributed by atoms with van der Waals surface area (Å²) >= 11 is 5.20. The number of halogens is 1. The van der Waals surface area contributed by atoms with E-state index in [1.165, 1.54) is 22.3 Å². The molecule has 0 amide bonds. The Kier molecular flexibility index (Phi) is 4.22. The van der Waals surface area contributed by atoms with E-state index in [0.29, 0.717) is 0 Å². The van der Waals surface area contributed by atoms with Crippen LogP contribution in [0.3, 0.4) is 0 Å². The van der Waals surface area contributed by atoms with Gasteiger partial charge in [0.25, 0.3) is 0 Å². The monoisotopic (exact) mass is 357 g/mol. The van der Waals surface area contributed by atoms with Crippen molar-refractivity contribution in [1.82, 2.24) is 4.98 Å². The van der Waals surface area contributed by atoms with Crippen LogP contribution in [0, 0.1) is 13.8 Å². The number of nitrogens with zero attached hydrogens (tertiary/aromatic N) is 1. The molecule has 0 aliphatic rings. The van der Waals surface area contributed by atoms with Crippen molar-refractivity contribution in [2.75, 3.05) is 0 Å². The standard InChI is InChI=1S/C18H16BrNS/c1-12-7-13(2)9-14(8-12)10-18-20-17(11-21-18)15-3-5-16(19)6-4-15/h3-9,11H,10H2,1-2H3. The Morgan fingerprint density at radius 2 is 1.67 bits per heavy atom. The fourth-order valence-electron chi connectivity index (χ4n) is 2.49. The molecule has 1 aromatic heterocycles. The molecule has 3 aromatic rings. The highest BCUT2D eigenvalue weighted by molar-refractivity contribution is 9.10. The molecule has 1 nitrogen and oxygen atoms in total. The minimum Gasteiger partial charge on any atom is -0.241 e. The lowest BCUT2D eigenvalue weighted by Crippen LogP contribution is -1.90. The summed E-state index contributed by atoms with van der Waals surface area (Å²) in [7, 11) is 0. The van der Waals surface area contributed by atoms with Crippen LogP contribution in [0.25, 0.3) is 11.3 Å². The van der Waals surface area contributed by atoms with Gasteiger partial charge in [-0.2, -0.15) is 0 Å². The average molecular weight is 358 g/mol. The van der Waals surface area contributed by atoms with Crippen LogP contribution in [0.15, 0.2) is 52.3 Å². The van der Waals surface area contributed by atoms with E-state index in [4.69, 9.17) is 4.98 Å². The second-order valence-corrected chi connectivity index (χ2v) is 7.16. The molecule has 2 aromatic carbocycles. The van der Waals surface area contributed by atoms with Crippen molar-refractivity contribution in [3.63, 3.8) is 0 Å². The summed E-state index contributed by atoms with van der Waals surface area (Å²) in [6.07, 6.45) is 0.906. The first-order chi connectivity index (χ1) is 10.1. The van der Waals surface area contributed by atoms with Gasteiger partial charge in [-0.1, -0.05) is 57.4 Å². The smallest absolute Gasteiger partial charge is 0.0976 e. The second kappa shape index (κ2) is 6.12. The molecule has 0 radical (unpaired) electrons. The van der Waals surface area contributed by atoms with Gasteiger partial charge in [0.1, 0.15) is 0 Å². The minimum atomic E-state index is 0.906. The van der Waals surface area contributed by atoms with Gasteiger partial charge in [0.15, 0.2) is 0 Å². The van der Waals surface area contributed by atoms with Crippen LogP contribution in [0.2, 0.25) is 0 Å².